The molecule has 5 rings (SSSR count). The number of aromatic nitrogens is 2. The average molecular weight is 494 g/mol. The molecule has 0 saturated heterocycles. The number of hydrazone groups is 1. The van der Waals surface area contributed by atoms with Crippen molar-refractivity contribution in [2.45, 2.75) is 20.4 Å². The zero-order chi connectivity index (χ0) is 26.1. The van der Waals surface area contributed by atoms with E-state index in [1.165, 1.54) is 12.1 Å². The second-order valence-corrected chi connectivity index (χ2v) is 8.68. The molecular formula is C28H23N5O4. The second kappa shape index (κ2) is 9.54. The number of fused-ring (bicyclic) bond motifs is 2. The van der Waals surface area contributed by atoms with E-state index in [4.69, 9.17) is 0 Å². The third-order valence-corrected chi connectivity index (χ3v) is 6.36. The van der Waals surface area contributed by atoms with Gasteiger partial charge < -0.3 is 9.13 Å². The van der Waals surface area contributed by atoms with E-state index >= 15 is 0 Å². The number of para-hydroxylation sites is 2. The molecule has 0 aliphatic heterocycles. The summed E-state index contributed by atoms with van der Waals surface area (Å²) < 4.78 is 3.78. The maximum atomic E-state index is 12.9. The fourth-order valence-electron chi connectivity index (χ4n) is 4.64. The summed E-state index contributed by atoms with van der Waals surface area (Å²) in [5, 5.41) is 16.2. The number of carbonyl (C=O) groups is 1. The van der Waals surface area contributed by atoms with Crippen LogP contribution in [0.2, 0.25) is 0 Å². The summed E-state index contributed by atoms with van der Waals surface area (Å²) in [4.78, 5) is 36.3. The number of nitrogens with zero attached hydrogens (tertiary/aromatic N) is 4. The first-order valence-corrected chi connectivity index (χ1v) is 11.6. The first-order valence-electron chi connectivity index (χ1n) is 11.6. The number of rotatable bonds is 6. The molecule has 0 spiro atoms. The maximum absolute atomic E-state index is 12.9. The van der Waals surface area contributed by atoms with Gasteiger partial charge in [-0.15, -0.1) is 0 Å². The lowest BCUT2D eigenvalue weighted by molar-refractivity contribution is -0.384. The van der Waals surface area contributed by atoms with Crippen LogP contribution in [0.5, 0.6) is 0 Å². The summed E-state index contributed by atoms with van der Waals surface area (Å²) in [6.45, 7) is 3.83. The Kier molecular flexibility index (Phi) is 6.10. The fraction of sp³-hybridized carbons (Fsp3) is 0.107. The summed E-state index contributed by atoms with van der Waals surface area (Å²) in [7, 11) is 0. The summed E-state index contributed by atoms with van der Waals surface area (Å²) in [5.74, 6) is -0.334. The number of pyridine rings is 1. The minimum Gasteiger partial charge on any atom is -0.331 e. The van der Waals surface area contributed by atoms with E-state index in [2.05, 4.69) is 10.5 Å². The van der Waals surface area contributed by atoms with Gasteiger partial charge in [0.25, 0.3) is 11.6 Å². The van der Waals surface area contributed by atoms with Crippen molar-refractivity contribution in [2.24, 2.45) is 5.10 Å². The molecule has 5 aromatic rings. The van der Waals surface area contributed by atoms with Crippen molar-refractivity contribution < 1.29 is 9.72 Å². The van der Waals surface area contributed by atoms with Crippen LogP contribution in [-0.4, -0.2) is 26.2 Å². The summed E-state index contributed by atoms with van der Waals surface area (Å²) in [6.07, 6.45) is 1.57. The Morgan fingerprint density at radius 2 is 1.57 bits per heavy atom. The second-order valence-electron chi connectivity index (χ2n) is 8.68. The van der Waals surface area contributed by atoms with Crippen LogP contribution in [0.1, 0.15) is 17.0 Å². The minimum atomic E-state index is -0.432. The van der Waals surface area contributed by atoms with E-state index < -0.39 is 4.92 Å². The number of non-ortho nitro benzene ring substituents is 1. The van der Waals surface area contributed by atoms with Gasteiger partial charge in [-0.25, -0.2) is 5.43 Å². The Hall–Kier alpha value is -5.05. The zero-order valence-corrected chi connectivity index (χ0v) is 20.2. The molecule has 0 saturated carbocycles. The Morgan fingerprint density at radius 3 is 2.16 bits per heavy atom. The highest BCUT2D eigenvalue weighted by molar-refractivity contribution is 5.95. The molecule has 0 bridgehead atoms. The molecule has 1 amide bonds. The van der Waals surface area contributed by atoms with Crippen LogP contribution in [0.25, 0.3) is 27.5 Å². The van der Waals surface area contributed by atoms with E-state index in [1.54, 1.807) is 42.6 Å². The highest BCUT2D eigenvalue weighted by Crippen LogP contribution is 2.22. The van der Waals surface area contributed by atoms with Gasteiger partial charge in [-0.1, -0.05) is 24.3 Å². The molecule has 1 N–H and O–H groups in total. The first-order chi connectivity index (χ1) is 17.8. The van der Waals surface area contributed by atoms with Gasteiger partial charge in [0.15, 0.2) is 5.43 Å². The number of benzene rings is 3. The number of aryl methyl sites for hydroxylation is 1. The number of hydrogen-bond acceptors (Lipinski definition) is 5. The largest absolute Gasteiger partial charge is 0.331 e. The topological polar surface area (TPSA) is 112 Å². The lowest BCUT2D eigenvalue weighted by Gasteiger charge is -2.14. The van der Waals surface area contributed by atoms with Crippen LogP contribution >= 0.6 is 0 Å². The van der Waals surface area contributed by atoms with Crippen molar-refractivity contribution in [1.29, 1.82) is 0 Å². The molecule has 0 radical (unpaired) electrons. The summed E-state index contributed by atoms with van der Waals surface area (Å²) >= 11 is 0. The van der Waals surface area contributed by atoms with Crippen LogP contribution in [-0.2, 0) is 11.3 Å². The van der Waals surface area contributed by atoms with Gasteiger partial charge in [-0.05, 0) is 56.3 Å². The Labute approximate surface area is 211 Å². The van der Waals surface area contributed by atoms with Crippen molar-refractivity contribution in [3.05, 3.63) is 116 Å². The molecular weight excluding hydrogens is 470 g/mol. The van der Waals surface area contributed by atoms with Gasteiger partial charge in [-0.3, -0.25) is 19.7 Å². The van der Waals surface area contributed by atoms with Crippen molar-refractivity contribution in [3.63, 3.8) is 0 Å². The third kappa shape index (κ3) is 4.38. The fourth-order valence-corrected chi connectivity index (χ4v) is 4.64. The van der Waals surface area contributed by atoms with Gasteiger partial charge in [0.1, 0.15) is 6.54 Å². The van der Waals surface area contributed by atoms with Crippen LogP contribution in [0, 0.1) is 24.0 Å². The summed E-state index contributed by atoms with van der Waals surface area (Å²) in [5.41, 5.74) is 7.30. The maximum Gasteiger partial charge on any atom is 0.269 e. The molecule has 3 aromatic carbocycles. The van der Waals surface area contributed by atoms with Crippen molar-refractivity contribution in [1.82, 2.24) is 14.6 Å². The zero-order valence-electron chi connectivity index (χ0n) is 20.2. The van der Waals surface area contributed by atoms with Crippen molar-refractivity contribution in [3.8, 4) is 5.69 Å². The highest BCUT2D eigenvalue weighted by Gasteiger charge is 2.14. The van der Waals surface area contributed by atoms with E-state index in [1.807, 2.05) is 53.3 Å². The van der Waals surface area contributed by atoms with Gasteiger partial charge in [-0.2, -0.15) is 5.10 Å². The van der Waals surface area contributed by atoms with Crippen LogP contribution in [0.15, 0.2) is 88.8 Å². The number of nitrogens with one attached hydrogen (secondary N) is 1. The first kappa shape index (κ1) is 23.7. The Morgan fingerprint density at radius 1 is 0.973 bits per heavy atom. The van der Waals surface area contributed by atoms with E-state index in [9.17, 15) is 19.7 Å². The van der Waals surface area contributed by atoms with Gasteiger partial charge >= 0.3 is 0 Å². The number of amides is 1. The Balaban J connectivity index is 1.38. The number of hydrogen-bond donors (Lipinski definition) is 1. The smallest absolute Gasteiger partial charge is 0.269 e. The highest BCUT2D eigenvalue weighted by atomic mass is 16.6. The van der Waals surface area contributed by atoms with E-state index in [0.717, 1.165) is 22.6 Å². The summed E-state index contributed by atoms with van der Waals surface area (Å²) in [6, 6.07) is 22.7. The number of nitro groups is 1. The van der Waals surface area contributed by atoms with Crippen LogP contribution in [0.4, 0.5) is 5.69 Å². The van der Waals surface area contributed by atoms with Gasteiger partial charge in [0.2, 0.25) is 0 Å². The predicted octanol–water partition coefficient (Wildman–Crippen LogP) is 4.62. The van der Waals surface area contributed by atoms with Crippen LogP contribution in [0.3, 0.4) is 0 Å². The molecule has 0 aliphatic carbocycles. The van der Waals surface area contributed by atoms with Gasteiger partial charge in [0, 0.05) is 45.5 Å². The van der Waals surface area contributed by atoms with E-state index in [0.29, 0.717) is 21.8 Å². The molecule has 0 aliphatic rings. The van der Waals surface area contributed by atoms with Crippen molar-refractivity contribution >= 4 is 39.6 Å². The monoisotopic (exact) mass is 493 g/mol. The molecule has 2 aromatic heterocycles. The van der Waals surface area contributed by atoms with Gasteiger partial charge in [0.05, 0.1) is 22.2 Å². The van der Waals surface area contributed by atoms with Crippen LogP contribution < -0.4 is 10.9 Å². The molecule has 9 nitrogen and oxygen atoms in total. The third-order valence-electron chi connectivity index (χ3n) is 6.36. The molecule has 0 atom stereocenters. The van der Waals surface area contributed by atoms with Crippen molar-refractivity contribution in [2.75, 3.05) is 0 Å². The lowest BCUT2D eigenvalue weighted by Crippen LogP contribution is -2.25. The number of nitro benzene ring substituents is 1. The van der Waals surface area contributed by atoms with E-state index in [-0.39, 0.29) is 23.6 Å². The molecule has 0 unspecified atom stereocenters. The molecule has 184 valence electrons. The molecule has 0 fully saturated rings. The predicted molar refractivity (Wildman–Crippen MR) is 143 cm³/mol. The lowest BCUT2D eigenvalue weighted by atomic mass is 10.1. The molecule has 9 heteroatoms. The molecule has 2 heterocycles. The normalized spacial score (nSPS) is 11.4. The standard InChI is InChI=1S/C28H23N5O4/c1-18-15-20(19(2)32(18)21-11-13-22(14-12-21)33(36)37)16-29-30-27(34)17-31-25-9-5-3-7-23(25)28(35)24-8-4-6-10-26(24)31/h3-16H,17H2,1-2H3,(H,30,34)/b29-16-. The minimum absolute atomic E-state index is 0.0134. The quantitative estimate of drug-likeness (QED) is 0.161. The Bertz CT molecular complexity index is 1700. The number of carbonyl (C=O) groups excluding carboxylic acids is 1. The SMILES string of the molecule is Cc1cc(/C=N\NC(=O)Cn2c3ccccc3c(=O)c3ccccc32)c(C)n1-c1ccc([N+](=O)[O-])cc1. The average Bonchev–Trinajstić information content (AvgIpc) is 3.19. The molecule has 37 heavy (non-hydrogen) atoms.